The highest BCUT2D eigenvalue weighted by molar-refractivity contribution is 5.49. The predicted octanol–water partition coefficient (Wildman–Crippen LogP) is 4.34. The van der Waals surface area contributed by atoms with Crippen LogP contribution >= 0.6 is 0 Å². The lowest BCUT2D eigenvalue weighted by Crippen LogP contribution is -2.43. The molecule has 5 heteroatoms. The highest BCUT2D eigenvalue weighted by Gasteiger charge is 2.36. The fraction of sp³-hybridized carbons (Fsp3) is 0.556. The Morgan fingerprint density at radius 2 is 1.72 bits per heavy atom. The van der Waals surface area contributed by atoms with Crippen molar-refractivity contribution >= 4 is 5.69 Å². The third-order valence-corrected chi connectivity index (χ3v) is 6.94. The van der Waals surface area contributed by atoms with Crippen LogP contribution in [0.5, 0.6) is 0 Å². The zero-order chi connectivity index (χ0) is 22.5. The average molecular weight is 439 g/mol. The van der Waals surface area contributed by atoms with Gasteiger partial charge in [-0.1, -0.05) is 29.9 Å². The first-order chi connectivity index (χ1) is 15.5. The Morgan fingerprint density at radius 3 is 2.44 bits per heavy atom. The Hall–Kier alpha value is -1.95. The molecule has 1 aromatic rings. The first-order valence-corrected chi connectivity index (χ1v) is 12.2. The molecule has 4 aliphatic rings. The first-order valence-electron chi connectivity index (χ1n) is 12.2. The van der Waals surface area contributed by atoms with Gasteiger partial charge in [-0.2, -0.15) is 0 Å². The molecule has 2 heterocycles. The van der Waals surface area contributed by atoms with Crippen LogP contribution in [0, 0.1) is 0 Å². The van der Waals surface area contributed by atoms with Crippen LogP contribution in [-0.2, 0) is 0 Å². The fourth-order valence-electron chi connectivity index (χ4n) is 5.41. The molecule has 32 heavy (non-hydrogen) atoms. The standard InChI is InChI=1S/C24H30FN3.C3H9N/c25-22-4-2-1-3-19-7-10-23(24(19)22)28-14-11-20(17-28)18-5-8-21(9-6-18)27-15-12-26-13-16-27;1-4(2)3/h1-2,4-6,8-9,20,23,26H,3,7,10-17H2;1-3H3. The highest BCUT2D eigenvalue weighted by Crippen LogP contribution is 2.41. The van der Waals surface area contributed by atoms with Crippen molar-refractivity contribution in [2.75, 3.05) is 65.3 Å². The Labute approximate surface area is 193 Å². The van der Waals surface area contributed by atoms with Crippen molar-refractivity contribution in [3.8, 4) is 0 Å². The molecule has 1 aromatic carbocycles. The van der Waals surface area contributed by atoms with Crippen molar-refractivity contribution in [1.29, 1.82) is 0 Å². The molecule has 1 N–H and O–H groups in total. The number of piperazine rings is 1. The van der Waals surface area contributed by atoms with Crippen LogP contribution in [0.1, 0.15) is 37.2 Å². The van der Waals surface area contributed by atoms with Crippen LogP contribution in [-0.4, -0.2) is 76.3 Å². The lowest BCUT2D eigenvalue weighted by Gasteiger charge is -2.29. The van der Waals surface area contributed by atoms with E-state index in [2.05, 4.69) is 45.5 Å². The third-order valence-electron chi connectivity index (χ3n) is 6.94. The molecule has 2 aliphatic heterocycles. The van der Waals surface area contributed by atoms with Crippen LogP contribution in [0.4, 0.5) is 10.1 Å². The summed E-state index contributed by atoms with van der Waals surface area (Å²) >= 11 is 0. The Kier molecular flexibility index (Phi) is 7.82. The van der Waals surface area contributed by atoms with E-state index in [0.717, 1.165) is 64.1 Å². The van der Waals surface area contributed by atoms with E-state index < -0.39 is 0 Å². The number of allylic oxidation sites excluding steroid dienone is 4. The molecule has 0 saturated carbocycles. The van der Waals surface area contributed by atoms with E-state index in [1.54, 1.807) is 6.08 Å². The number of rotatable bonds is 3. The molecule has 2 atom stereocenters. The van der Waals surface area contributed by atoms with Crippen LogP contribution in [0.25, 0.3) is 0 Å². The van der Waals surface area contributed by atoms with Gasteiger partial charge in [0.05, 0.1) is 0 Å². The van der Waals surface area contributed by atoms with E-state index >= 15 is 0 Å². The number of benzene rings is 1. The smallest absolute Gasteiger partial charge is 0.127 e. The van der Waals surface area contributed by atoms with Gasteiger partial charge in [-0.25, -0.2) is 4.39 Å². The Balaban J connectivity index is 0.000000567. The minimum absolute atomic E-state index is 0.00456. The number of hydrogen-bond acceptors (Lipinski definition) is 4. The van der Waals surface area contributed by atoms with Crippen LogP contribution in [0.2, 0.25) is 0 Å². The second-order valence-corrected chi connectivity index (χ2v) is 9.87. The number of nitrogens with one attached hydrogen (secondary N) is 1. The number of nitrogens with zero attached hydrogens (tertiary/aromatic N) is 3. The topological polar surface area (TPSA) is 21.8 Å². The van der Waals surface area contributed by atoms with Gasteiger partial charge >= 0.3 is 0 Å². The van der Waals surface area contributed by atoms with Gasteiger partial charge in [0.1, 0.15) is 5.83 Å². The van der Waals surface area contributed by atoms with Gasteiger partial charge in [0.2, 0.25) is 0 Å². The molecule has 0 spiro atoms. The summed E-state index contributed by atoms with van der Waals surface area (Å²) in [5, 5.41) is 3.41. The molecular formula is C27H39FN4. The Bertz CT molecular complexity index is 846. The second-order valence-electron chi connectivity index (χ2n) is 9.87. The van der Waals surface area contributed by atoms with E-state index in [-0.39, 0.29) is 11.9 Å². The van der Waals surface area contributed by atoms with Crippen LogP contribution in [0.15, 0.2) is 59.5 Å². The largest absolute Gasteiger partial charge is 0.369 e. The van der Waals surface area contributed by atoms with Gasteiger partial charge in [0.25, 0.3) is 0 Å². The molecule has 0 radical (unpaired) electrons. The monoisotopic (exact) mass is 438 g/mol. The summed E-state index contributed by atoms with van der Waals surface area (Å²) in [5.74, 6) is 0.563. The third kappa shape index (κ3) is 5.51. The summed E-state index contributed by atoms with van der Waals surface area (Å²) in [6, 6.07) is 9.50. The van der Waals surface area contributed by atoms with Crippen LogP contribution in [0.3, 0.4) is 0 Å². The summed E-state index contributed by atoms with van der Waals surface area (Å²) in [6.07, 6.45) is 9.84. The second kappa shape index (κ2) is 10.8. The summed E-state index contributed by atoms with van der Waals surface area (Å²) in [7, 11) is 6.00. The van der Waals surface area contributed by atoms with Gasteiger partial charge < -0.3 is 15.1 Å². The maximum atomic E-state index is 14.7. The van der Waals surface area contributed by atoms with Crippen molar-refractivity contribution in [3.63, 3.8) is 0 Å². The highest BCUT2D eigenvalue weighted by atomic mass is 19.1. The van der Waals surface area contributed by atoms with Gasteiger partial charge in [-0.05, 0) is 83.1 Å². The van der Waals surface area contributed by atoms with Gasteiger partial charge in [-0.3, -0.25) is 4.90 Å². The number of halogens is 1. The van der Waals surface area contributed by atoms with Crippen molar-refractivity contribution in [1.82, 2.24) is 15.1 Å². The Morgan fingerprint density at radius 1 is 1.00 bits per heavy atom. The van der Waals surface area contributed by atoms with Crippen molar-refractivity contribution in [2.24, 2.45) is 0 Å². The minimum Gasteiger partial charge on any atom is -0.369 e. The van der Waals surface area contributed by atoms with Crippen molar-refractivity contribution in [2.45, 2.75) is 37.6 Å². The average Bonchev–Trinajstić information content (AvgIpc) is 3.40. The molecule has 0 aromatic heterocycles. The van der Waals surface area contributed by atoms with E-state index in [9.17, 15) is 4.39 Å². The van der Waals surface area contributed by atoms with Gasteiger partial charge in [0.15, 0.2) is 0 Å². The molecular weight excluding hydrogens is 399 g/mol. The van der Waals surface area contributed by atoms with E-state index in [0.29, 0.717) is 5.92 Å². The maximum Gasteiger partial charge on any atom is 0.127 e. The lowest BCUT2D eigenvalue weighted by molar-refractivity contribution is 0.266. The first kappa shape index (κ1) is 23.2. The molecule has 2 saturated heterocycles. The summed E-state index contributed by atoms with van der Waals surface area (Å²) < 4.78 is 14.7. The van der Waals surface area contributed by atoms with Crippen molar-refractivity contribution < 1.29 is 4.39 Å². The molecule has 0 amide bonds. The van der Waals surface area contributed by atoms with E-state index in [1.165, 1.54) is 23.2 Å². The lowest BCUT2D eigenvalue weighted by atomic mass is 9.98. The zero-order valence-corrected chi connectivity index (χ0v) is 20.0. The molecule has 4 nitrogen and oxygen atoms in total. The van der Waals surface area contributed by atoms with Gasteiger partial charge in [-0.15, -0.1) is 0 Å². The number of anilines is 1. The minimum atomic E-state index is -0.00456. The molecule has 2 unspecified atom stereocenters. The molecule has 174 valence electrons. The summed E-state index contributed by atoms with van der Waals surface area (Å²) in [4.78, 5) is 7.00. The molecule has 5 rings (SSSR count). The van der Waals surface area contributed by atoms with Crippen LogP contribution < -0.4 is 10.2 Å². The predicted molar refractivity (Wildman–Crippen MR) is 133 cm³/mol. The summed E-state index contributed by atoms with van der Waals surface area (Å²) in [5.41, 5.74) is 5.09. The van der Waals surface area contributed by atoms with E-state index in [1.807, 2.05) is 32.1 Å². The number of likely N-dealkylation sites (tertiary alicyclic amines) is 1. The van der Waals surface area contributed by atoms with Crippen molar-refractivity contribution in [3.05, 3.63) is 65.0 Å². The van der Waals surface area contributed by atoms with E-state index in [4.69, 9.17) is 0 Å². The zero-order valence-electron chi connectivity index (χ0n) is 20.0. The SMILES string of the molecule is CN(C)C.FC1=CC=CCC2=C1C(N1CCC(c3ccc(N4CCNCC4)cc3)C1)CC2. The van der Waals surface area contributed by atoms with Gasteiger partial charge in [0, 0.05) is 50.0 Å². The molecule has 0 bridgehead atoms. The number of hydrogen-bond donors (Lipinski definition) is 1. The fourth-order valence-corrected chi connectivity index (χ4v) is 5.41. The molecule has 2 fully saturated rings. The maximum absolute atomic E-state index is 14.7. The molecule has 2 aliphatic carbocycles. The summed E-state index contributed by atoms with van der Waals surface area (Å²) in [6.45, 7) is 6.44. The normalized spacial score (nSPS) is 26.0. The quantitative estimate of drug-likeness (QED) is 0.758.